The van der Waals surface area contributed by atoms with Crippen LogP contribution in [0.4, 0.5) is 5.69 Å². The van der Waals surface area contributed by atoms with Crippen LogP contribution in [0, 0.1) is 0 Å². The summed E-state index contributed by atoms with van der Waals surface area (Å²) in [7, 11) is 5.82. The van der Waals surface area contributed by atoms with E-state index >= 15 is 0 Å². The van der Waals surface area contributed by atoms with Gasteiger partial charge in [0.1, 0.15) is 0 Å². The highest BCUT2D eigenvalue weighted by Crippen LogP contribution is 2.12. The number of carbonyl (C=O) groups is 1. The first-order valence-corrected chi connectivity index (χ1v) is 10.4. The number of aliphatic imine (C=N–C) groups is 1. The average molecular weight is 529 g/mol. The van der Waals surface area contributed by atoms with Crippen molar-refractivity contribution in [2.45, 2.75) is 19.9 Å². The lowest BCUT2D eigenvalue weighted by Crippen LogP contribution is -2.39. The monoisotopic (exact) mass is 529 g/mol. The number of hydrogen-bond donors (Lipinski definition) is 2. The summed E-state index contributed by atoms with van der Waals surface area (Å²) in [6.07, 6.45) is 1.01. The molecule has 2 rings (SSSR count). The summed E-state index contributed by atoms with van der Waals surface area (Å²) in [4.78, 5) is 22.1. The van der Waals surface area contributed by atoms with Crippen LogP contribution in [-0.4, -0.2) is 62.4 Å². The highest BCUT2D eigenvalue weighted by molar-refractivity contribution is 14.0. The van der Waals surface area contributed by atoms with Crippen molar-refractivity contribution < 1.29 is 4.79 Å². The molecule has 0 fully saturated rings. The molecule has 0 aliphatic rings. The fourth-order valence-electron chi connectivity index (χ4n) is 2.71. The third-order valence-electron chi connectivity index (χ3n) is 4.05. The maximum Gasteiger partial charge on any atom is 0.238 e. The van der Waals surface area contributed by atoms with Crippen LogP contribution < -0.4 is 10.6 Å². The number of thiophene rings is 1. The maximum absolute atomic E-state index is 11.9. The molecule has 0 saturated heterocycles. The standard InChI is InChI=1S/C21H31N5OS.HI/c1-5-22-21(26(4)12-11-19-10-7-13-28-19)23-15-17-8-6-9-18(14-17)24-20(27)16-25(2)3;/h6-10,13-14H,5,11-12,15-16H2,1-4H3,(H,22,23)(H,24,27);1H. The van der Waals surface area contributed by atoms with Crippen molar-refractivity contribution in [1.29, 1.82) is 0 Å². The average Bonchev–Trinajstić information content (AvgIpc) is 3.16. The second-order valence-corrected chi connectivity index (χ2v) is 7.94. The topological polar surface area (TPSA) is 60.0 Å². The Morgan fingerprint density at radius 2 is 1.97 bits per heavy atom. The molecule has 160 valence electrons. The molecule has 29 heavy (non-hydrogen) atoms. The van der Waals surface area contributed by atoms with Crippen molar-refractivity contribution in [2.75, 3.05) is 46.1 Å². The lowest BCUT2D eigenvalue weighted by Gasteiger charge is -2.21. The van der Waals surface area contributed by atoms with Crippen LogP contribution in [0.1, 0.15) is 17.4 Å². The number of hydrogen-bond acceptors (Lipinski definition) is 4. The summed E-state index contributed by atoms with van der Waals surface area (Å²) >= 11 is 1.79. The minimum atomic E-state index is -0.0210. The number of nitrogens with one attached hydrogen (secondary N) is 2. The largest absolute Gasteiger partial charge is 0.357 e. The Hall–Kier alpha value is -1.65. The highest BCUT2D eigenvalue weighted by atomic mass is 127. The summed E-state index contributed by atoms with van der Waals surface area (Å²) in [6, 6.07) is 12.1. The Labute approximate surface area is 195 Å². The van der Waals surface area contributed by atoms with Gasteiger partial charge in [-0.3, -0.25) is 4.79 Å². The Kier molecular flexibility index (Phi) is 11.9. The molecule has 0 atom stereocenters. The van der Waals surface area contributed by atoms with Crippen LogP contribution in [0.3, 0.4) is 0 Å². The van der Waals surface area contributed by atoms with Gasteiger partial charge in [-0.2, -0.15) is 0 Å². The lowest BCUT2D eigenvalue weighted by molar-refractivity contribution is -0.116. The molecule has 1 heterocycles. The van der Waals surface area contributed by atoms with E-state index in [1.165, 1.54) is 4.88 Å². The van der Waals surface area contributed by atoms with E-state index in [1.54, 1.807) is 11.3 Å². The predicted molar refractivity (Wildman–Crippen MR) is 135 cm³/mol. The number of rotatable bonds is 9. The van der Waals surface area contributed by atoms with Gasteiger partial charge in [0.15, 0.2) is 5.96 Å². The van der Waals surface area contributed by atoms with Crippen molar-refractivity contribution in [1.82, 2.24) is 15.1 Å². The molecule has 0 bridgehead atoms. The SMILES string of the molecule is CCNC(=NCc1cccc(NC(=O)CN(C)C)c1)N(C)CCc1cccs1.I. The van der Waals surface area contributed by atoms with E-state index in [0.29, 0.717) is 13.1 Å². The van der Waals surface area contributed by atoms with Gasteiger partial charge in [-0.15, -0.1) is 35.3 Å². The number of amides is 1. The molecule has 0 aliphatic heterocycles. The van der Waals surface area contributed by atoms with Crippen LogP contribution in [0.25, 0.3) is 0 Å². The van der Waals surface area contributed by atoms with E-state index in [2.05, 4.69) is 47.0 Å². The quantitative estimate of drug-likeness (QED) is 0.297. The van der Waals surface area contributed by atoms with Gasteiger partial charge in [0.05, 0.1) is 13.1 Å². The van der Waals surface area contributed by atoms with Gasteiger partial charge in [0, 0.05) is 30.7 Å². The number of carbonyl (C=O) groups excluding carboxylic acids is 1. The Morgan fingerprint density at radius 3 is 2.62 bits per heavy atom. The van der Waals surface area contributed by atoms with Crippen molar-refractivity contribution in [3.63, 3.8) is 0 Å². The van der Waals surface area contributed by atoms with Gasteiger partial charge in [0.25, 0.3) is 0 Å². The fourth-order valence-corrected chi connectivity index (χ4v) is 3.41. The molecule has 0 unspecified atom stereocenters. The second kappa shape index (κ2) is 13.6. The molecule has 2 aromatic rings. The van der Waals surface area contributed by atoms with Crippen molar-refractivity contribution >= 4 is 52.9 Å². The molecule has 0 saturated carbocycles. The Morgan fingerprint density at radius 1 is 1.17 bits per heavy atom. The van der Waals surface area contributed by atoms with Crippen LogP contribution in [0.5, 0.6) is 0 Å². The number of nitrogens with zero attached hydrogens (tertiary/aromatic N) is 3. The third kappa shape index (κ3) is 9.60. The molecule has 8 heteroatoms. The van der Waals surface area contributed by atoms with E-state index in [-0.39, 0.29) is 29.9 Å². The smallest absolute Gasteiger partial charge is 0.238 e. The first-order valence-electron chi connectivity index (χ1n) is 9.53. The molecule has 0 radical (unpaired) electrons. The highest BCUT2D eigenvalue weighted by Gasteiger charge is 2.07. The van der Waals surface area contributed by atoms with Gasteiger partial charge in [-0.05, 0) is 56.6 Å². The molecule has 6 nitrogen and oxygen atoms in total. The number of guanidine groups is 1. The van der Waals surface area contributed by atoms with E-state index in [1.807, 2.05) is 43.3 Å². The molecule has 1 amide bonds. The minimum Gasteiger partial charge on any atom is -0.357 e. The normalized spacial score (nSPS) is 11.1. The molecule has 1 aromatic heterocycles. The number of likely N-dealkylation sites (N-methyl/N-ethyl adjacent to an activating group) is 2. The summed E-state index contributed by atoms with van der Waals surface area (Å²) in [5, 5.41) is 8.40. The zero-order chi connectivity index (χ0) is 20.4. The zero-order valence-electron chi connectivity index (χ0n) is 17.6. The summed E-state index contributed by atoms with van der Waals surface area (Å²) in [5.74, 6) is 0.869. The van der Waals surface area contributed by atoms with E-state index in [9.17, 15) is 4.79 Å². The lowest BCUT2D eigenvalue weighted by atomic mass is 10.2. The van der Waals surface area contributed by atoms with E-state index in [0.717, 1.165) is 36.7 Å². The van der Waals surface area contributed by atoms with Gasteiger partial charge < -0.3 is 20.4 Å². The Balaban J connectivity index is 0.00000420. The van der Waals surface area contributed by atoms with Crippen molar-refractivity contribution in [3.8, 4) is 0 Å². The van der Waals surface area contributed by atoms with Crippen LogP contribution in [0.2, 0.25) is 0 Å². The van der Waals surface area contributed by atoms with E-state index in [4.69, 9.17) is 4.99 Å². The third-order valence-corrected chi connectivity index (χ3v) is 4.99. The molecule has 2 N–H and O–H groups in total. The molecule has 0 spiro atoms. The maximum atomic E-state index is 11.9. The number of anilines is 1. The van der Waals surface area contributed by atoms with Crippen LogP contribution in [-0.2, 0) is 17.8 Å². The summed E-state index contributed by atoms with van der Waals surface area (Å²) in [5.41, 5.74) is 1.86. The van der Waals surface area contributed by atoms with Crippen LogP contribution in [0.15, 0.2) is 46.8 Å². The van der Waals surface area contributed by atoms with Crippen molar-refractivity contribution in [2.24, 2.45) is 4.99 Å². The van der Waals surface area contributed by atoms with Crippen LogP contribution >= 0.6 is 35.3 Å². The Bertz CT molecular complexity index is 764. The van der Waals surface area contributed by atoms with Gasteiger partial charge in [-0.25, -0.2) is 4.99 Å². The van der Waals surface area contributed by atoms with Gasteiger partial charge >= 0.3 is 0 Å². The second-order valence-electron chi connectivity index (χ2n) is 6.91. The molecular formula is C21H32IN5OS. The molecule has 1 aromatic carbocycles. The minimum absolute atomic E-state index is 0. The number of halogens is 1. The summed E-state index contributed by atoms with van der Waals surface area (Å²) in [6.45, 7) is 4.73. The molecule has 0 aliphatic carbocycles. The first kappa shape index (κ1) is 25.4. The van der Waals surface area contributed by atoms with Gasteiger partial charge in [-0.1, -0.05) is 18.2 Å². The summed E-state index contributed by atoms with van der Waals surface area (Å²) < 4.78 is 0. The van der Waals surface area contributed by atoms with E-state index < -0.39 is 0 Å². The van der Waals surface area contributed by atoms with Gasteiger partial charge in [0.2, 0.25) is 5.91 Å². The predicted octanol–water partition coefficient (Wildman–Crippen LogP) is 3.51. The zero-order valence-corrected chi connectivity index (χ0v) is 20.8. The fraction of sp³-hybridized carbons (Fsp3) is 0.429. The van der Waals surface area contributed by atoms with Crippen molar-refractivity contribution in [3.05, 3.63) is 52.2 Å². The number of benzene rings is 1. The first-order chi connectivity index (χ1) is 13.5. The molecular weight excluding hydrogens is 497 g/mol.